The summed E-state index contributed by atoms with van der Waals surface area (Å²) in [5, 5.41) is 0. The van der Waals surface area contributed by atoms with Crippen LogP contribution >= 0.6 is 12.2 Å². The molecule has 2 amide bonds. The Morgan fingerprint density at radius 3 is 2.15 bits per heavy atom. The number of likely N-dealkylation sites (tertiary alicyclic amines) is 1. The summed E-state index contributed by atoms with van der Waals surface area (Å²) < 4.78 is 0. The lowest BCUT2D eigenvalue weighted by Gasteiger charge is -2.38. The number of carbonyl (C=O) groups is 2. The fraction of sp³-hybridized carbons (Fsp3) is 0.400. The monoisotopic (exact) mass is 290 g/mol. The van der Waals surface area contributed by atoms with Crippen LogP contribution in [0.5, 0.6) is 0 Å². The van der Waals surface area contributed by atoms with Gasteiger partial charge in [-0.15, -0.1) is 0 Å². The van der Waals surface area contributed by atoms with Crippen molar-refractivity contribution in [2.24, 2.45) is 11.1 Å². The van der Waals surface area contributed by atoms with Gasteiger partial charge in [0.1, 0.15) is 11.0 Å². The van der Waals surface area contributed by atoms with Gasteiger partial charge in [0.15, 0.2) is 0 Å². The van der Waals surface area contributed by atoms with Crippen molar-refractivity contribution < 1.29 is 9.59 Å². The minimum atomic E-state index is -0.651. The Labute approximate surface area is 123 Å². The normalized spacial score (nSPS) is 19.8. The zero-order chi connectivity index (χ0) is 14.9. The van der Waals surface area contributed by atoms with Gasteiger partial charge in [0.05, 0.1) is 0 Å². The third-order valence-electron chi connectivity index (χ3n) is 3.44. The summed E-state index contributed by atoms with van der Waals surface area (Å²) in [7, 11) is 0. The lowest BCUT2D eigenvalue weighted by molar-refractivity contribution is -0.154. The molecule has 0 aliphatic carbocycles. The zero-order valence-electron chi connectivity index (χ0n) is 11.6. The van der Waals surface area contributed by atoms with E-state index in [9.17, 15) is 9.59 Å². The number of amides is 2. The summed E-state index contributed by atoms with van der Waals surface area (Å²) in [6, 6.07) is 8.53. The Morgan fingerprint density at radius 1 is 1.20 bits per heavy atom. The number of nitrogens with two attached hydrogens (primary N) is 1. The van der Waals surface area contributed by atoms with E-state index < -0.39 is 6.04 Å². The van der Waals surface area contributed by atoms with Crippen molar-refractivity contribution in [2.75, 3.05) is 0 Å². The van der Waals surface area contributed by atoms with Crippen molar-refractivity contribution in [3.8, 4) is 0 Å². The van der Waals surface area contributed by atoms with E-state index in [2.05, 4.69) is 0 Å². The highest BCUT2D eigenvalue weighted by Crippen LogP contribution is 2.35. The van der Waals surface area contributed by atoms with Crippen molar-refractivity contribution in [1.29, 1.82) is 0 Å². The highest BCUT2D eigenvalue weighted by atomic mass is 32.1. The van der Waals surface area contributed by atoms with E-state index in [4.69, 9.17) is 18.0 Å². The van der Waals surface area contributed by atoms with Crippen molar-refractivity contribution in [2.45, 2.75) is 32.7 Å². The van der Waals surface area contributed by atoms with Gasteiger partial charge >= 0.3 is 0 Å². The van der Waals surface area contributed by atoms with Crippen LogP contribution in [0.4, 0.5) is 0 Å². The summed E-state index contributed by atoms with van der Waals surface area (Å²) in [6.45, 7) is 3.83. The lowest BCUT2D eigenvalue weighted by atomic mass is 9.81. The standard InChI is InChI=1S/C15H18N2O2S/c1-15(2)8-11(18)17(12(19)9-15)13(14(16)20)10-6-4-3-5-7-10/h3-7,13H,8-9H2,1-2H3,(H2,16,20). The Morgan fingerprint density at radius 2 is 1.70 bits per heavy atom. The Bertz CT molecular complexity index is 534. The largest absolute Gasteiger partial charge is 0.391 e. The van der Waals surface area contributed by atoms with E-state index in [1.807, 2.05) is 44.2 Å². The molecule has 1 aromatic carbocycles. The van der Waals surface area contributed by atoms with Crippen molar-refractivity contribution in [1.82, 2.24) is 4.90 Å². The molecule has 106 valence electrons. The summed E-state index contributed by atoms with van der Waals surface area (Å²) >= 11 is 5.07. The maximum Gasteiger partial charge on any atom is 0.230 e. The number of nitrogens with zero attached hydrogens (tertiary/aromatic N) is 1. The quantitative estimate of drug-likeness (QED) is 0.684. The van der Waals surface area contributed by atoms with Gasteiger partial charge in [-0.2, -0.15) is 0 Å². The number of benzene rings is 1. The van der Waals surface area contributed by atoms with Crippen LogP contribution in [0.1, 0.15) is 38.3 Å². The van der Waals surface area contributed by atoms with Gasteiger partial charge in [0.25, 0.3) is 0 Å². The molecule has 1 heterocycles. The number of carbonyl (C=O) groups excluding carboxylic acids is 2. The third-order valence-corrected chi connectivity index (χ3v) is 3.66. The molecule has 0 saturated carbocycles. The molecular formula is C15H18N2O2S. The second kappa shape index (κ2) is 5.32. The molecule has 5 heteroatoms. The molecule has 1 aliphatic heterocycles. The molecule has 4 nitrogen and oxygen atoms in total. The second-order valence-corrected chi connectivity index (χ2v) is 6.36. The van der Waals surface area contributed by atoms with E-state index >= 15 is 0 Å². The zero-order valence-corrected chi connectivity index (χ0v) is 12.4. The highest BCUT2D eigenvalue weighted by molar-refractivity contribution is 7.80. The molecule has 0 aromatic heterocycles. The van der Waals surface area contributed by atoms with Crippen LogP contribution in [-0.4, -0.2) is 21.7 Å². The molecular weight excluding hydrogens is 272 g/mol. The predicted molar refractivity (Wildman–Crippen MR) is 80.8 cm³/mol. The maximum atomic E-state index is 12.3. The van der Waals surface area contributed by atoms with E-state index in [1.54, 1.807) is 0 Å². The van der Waals surface area contributed by atoms with E-state index in [1.165, 1.54) is 4.90 Å². The Balaban J connectivity index is 2.38. The number of rotatable bonds is 3. The molecule has 1 aliphatic rings. The number of imide groups is 1. The first-order valence-corrected chi connectivity index (χ1v) is 6.92. The smallest absolute Gasteiger partial charge is 0.230 e. The molecule has 0 radical (unpaired) electrons. The van der Waals surface area contributed by atoms with E-state index in [0.29, 0.717) is 12.8 Å². The van der Waals surface area contributed by atoms with Crippen molar-refractivity contribution in [3.63, 3.8) is 0 Å². The number of hydrogen-bond acceptors (Lipinski definition) is 3. The Kier molecular flexibility index (Phi) is 3.90. The van der Waals surface area contributed by atoms with Gasteiger partial charge in [0.2, 0.25) is 11.8 Å². The van der Waals surface area contributed by atoms with Gasteiger partial charge < -0.3 is 5.73 Å². The first kappa shape index (κ1) is 14.7. The minimum absolute atomic E-state index is 0.137. The summed E-state index contributed by atoms with van der Waals surface area (Å²) in [6.07, 6.45) is 0.648. The average Bonchev–Trinajstić information content (AvgIpc) is 2.33. The van der Waals surface area contributed by atoms with Crippen LogP contribution in [0.2, 0.25) is 0 Å². The first-order valence-electron chi connectivity index (χ1n) is 6.51. The van der Waals surface area contributed by atoms with Crippen LogP contribution in [0, 0.1) is 5.41 Å². The van der Waals surface area contributed by atoms with Gasteiger partial charge in [-0.25, -0.2) is 0 Å². The highest BCUT2D eigenvalue weighted by Gasteiger charge is 2.42. The van der Waals surface area contributed by atoms with Crippen LogP contribution < -0.4 is 5.73 Å². The average molecular weight is 290 g/mol. The van der Waals surface area contributed by atoms with Gasteiger partial charge in [-0.1, -0.05) is 56.4 Å². The summed E-state index contributed by atoms with van der Waals surface area (Å²) in [4.78, 5) is 26.0. The molecule has 0 bridgehead atoms. The molecule has 2 rings (SSSR count). The van der Waals surface area contributed by atoms with E-state index in [-0.39, 0.29) is 22.2 Å². The van der Waals surface area contributed by atoms with Crippen LogP contribution in [0.25, 0.3) is 0 Å². The van der Waals surface area contributed by atoms with Crippen molar-refractivity contribution >= 4 is 29.0 Å². The summed E-state index contributed by atoms with van der Waals surface area (Å²) in [5.41, 5.74) is 6.24. The third kappa shape index (κ3) is 2.88. The molecule has 1 saturated heterocycles. The molecule has 20 heavy (non-hydrogen) atoms. The molecule has 0 spiro atoms. The molecule has 1 unspecified atom stereocenters. The number of piperidine rings is 1. The molecule has 1 atom stereocenters. The van der Waals surface area contributed by atoms with Crippen LogP contribution in [0.3, 0.4) is 0 Å². The summed E-state index contributed by atoms with van der Waals surface area (Å²) in [5.74, 6) is -0.430. The fourth-order valence-corrected chi connectivity index (χ4v) is 2.80. The lowest BCUT2D eigenvalue weighted by Crippen LogP contribution is -2.50. The molecule has 1 aromatic rings. The molecule has 2 N–H and O–H groups in total. The van der Waals surface area contributed by atoms with Gasteiger partial charge in [-0.3, -0.25) is 14.5 Å². The predicted octanol–water partition coefficient (Wildman–Crippen LogP) is 2.19. The minimum Gasteiger partial charge on any atom is -0.391 e. The van der Waals surface area contributed by atoms with E-state index in [0.717, 1.165) is 5.56 Å². The van der Waals surface area contributed by atoms with Crippen molar-refractivity contribution in [3.05, 3.63) is 35.9 Å². The Hall–Kier alpha value is -1.75. The topological polar surface area (TPSA) is 63.4 Å². The number of thiocarbonyl (C=S) groups is 1. The second-order valence-electron chi connectivity index (χ2n) is 5.89. The SMILES string of the molecule is CC1(C)CC(=O)N(C(C(N)=S)c2ccccc2)C(=O)C1. The van der Waals surface area contributed by atoms with Gasteiger partial charge in [0, 0.05) is 12.8 Å². The fourth-order valence-electron chi connectivity index (χ4n) is 2.55. The molecule has 1 fully saturated rings. The number of hydrogen-bond donors (Lipinski definition) is 1. The first-order chi connectivity index (χ1) is 9.32. The van der Waals surface area contributed by atoms with Gasteiger partial charge in [-0.05, 0) is 11.0 Å². The van der Waals surface area contributed by atoms with Crippen LogP contribution in [-0.2, 0) is 9.59 Å². The van der Waals surface area contributed by atoms with Crippen LogP contribution in [0.15, 0.2) is 30.3 Å². The maximum absolute atomic E-state index is 12.3.